The molecule has 1 atom stereocenters. The van der Waals surface area contributed by atoms with Gasteiger partial charge in [-0.1, -0.05) is 16.8 Å². The molecule has 4 aromatic rings. The van der Waals surface area contributed by atoms with Crippen molar-refractivity contribution in [3.8, 4) is 11.4 Å². The van der Waals surface area contributed by atoms with E-state index in [1.807, 2.05) is 4.40 Å². The van der Waals surface area contributed by atoms with Gasteiger partial charge in [0, 0.05) is 10.9 Å². The molecular weight excluding hydrogens is 374 g/mol. The Morgan fingerprint density at radius 1 is 1.31 bits per heavy atom. The van der Waals surface area contributed by atoms with Crippen LogP contribution in [-0.4, -0.2) is 34.6 Å². The molecule has 1 aliphatic rings. The Morgan fingerprint density at radius 3 is 2.92 bits per heavy atom. The second kappa shape index (κ2) is 5.80. The van der Waals surface area contributed by atoms with Gasteiger partial charge in [-0.2, -0.15) is 0 Å². The number of hydrogen-bond acceptors (Lipinski definition) is 6. The van der Waals surface area contributed by atoms with Gasteiger partial charge in [0.1, 0.15) is 28.7 Å². The van der Waals surface area contributed by atoms with Crippen LogP contribution in [0.5, 0.6) is 5.75 Å². The third-order valence-electron chi connectivity index (χ3n) is 4.52. The summed E-state index contributed by atoms with van der Waals surface area (Å²) < 4.78 is 3.43. The molecule has 1 saturated carbocycles. The standard InChI is InChI=1S/C17H14ClN5O2S/c18-11-4-3-10(5-13(11)24)23-7-12(20-21-23)16(25)15-17(9-1-2-9)26-14-6-19-8-22(14)15/h3-9,16,24-25H,1-2H2. The highest BCUT2D eigenvalue weighted by molar-refractivity contribution is 7.17. The largest absolute Gasteiger partial charge is 0.506 e. The van der Waals surface area contributed by atoms with Crippen molar-refractivity contribution >= 4 is 27.8 Å². The molecule has 3 heterocycles. The van der Waals surface area contributed by atoms with E-state index >= 15 is 0 Å². The van der Waals surface area contributed by atoms with Crippen molar-refractivity contribution in [1.29, 1.82) is 0 Å². The van der Waals surface area contributed by atoms with Crippen LogP contribution in [0, 0.1) is 0 Å². The molecule has 26 heavy (non-hydrogen) atoms. The molecule has 9 heteroatoms. The van der Waals surface area contributed by atoms with Crippen molar-refractivity contribution in [2.24, 2.45) is 0 Å². The number of halogens is 1. The summed E-state index contributed by atoms with van der Waals surface area (Å²) >= 11 is 7.51. The van der Waals surface area contributed by atoms with Crippen LogP contribution in [0.15, 0.2) is 36.9 Å². The van der Waals surface area contributed by atoms with E-state index in [2.05, 4.69) is 15.3 Å². The number of aromatic hydroxyl groups is 1. The number of hydrogen-bond donors (Lipinski definition) is 2. The number of phenols is 1. The van der Waals surface area contributed by atoms with E-state index in [0.29, 0.717) is 17.3 Å². The average Bonchev–Trinajstić information content (AvgIpc) is 3.06. The van der Waals surface area contributed by atoms with E-state index < -0.39 is 6.10 Å². The summed E-state index contributed by atoms with van der Waals surface area (Å²) in [5, 5.41) is 29.2. The van der Waals surface area contributed by atoms with Crippen molar-refractivity contribution in [3.63, 3.8) is 0 Å². The topological polar surface area (TPSA) is 88.5 Å². The molecule has 0 aliphatic heterocycles. The highest BCUT2D eigenvalue weighted by Gasteiger charge is 2.33. The van der Waals surface area contributed by atoms with E-state index in [1.165, 1.54) is 15.6 Å². The number of phenolic OH excluding ortho intramolecular Hbond substituents is 1. The lowest BCUT2D eigenvalue weighted by atomic mass is 10.1. The van der Waals surface area contributed by atoms with Crippen molar-refractivity contribution < 1.29 is 10.2 Å². The number of aliphatic hydroxyl groups excluding tert-OH is 1. The first-order chi connectivity index (χ1) is 12.6. The third-order valence-corrected chi connectivity index (χ3v) is 6.12. The predicted molar refractivity (Wildman–Crippen MR) is 97.1 cm³/mol. The quantitative estimate of drug-likeness (QED) is 0.561. The maximum Gasteiger partial charge on any atom is 0.141 e. The Balaban J connectivity index is 1.55. The Kier molecular flexibility index (Phi) is 3.53. The lowest BCUT2D eigenvalue weighted by molar-refractivity contribution is 0.208. The molecule has 1 fully saturated rings. The second-order valence-electron chi connectivity index (χ2n) is 6.35. The highest BCUT2D eigenvalue weighted by Crippen LogP contribution is 2.47. The van der Waals surface area contributed by atoms with E-state index in [4.69, 9.17) is 11.6 Å². The molecule has 1 unspecified atom stereocenters. The number of nitrogens with zero attached hydrogens (tertiary/aromatic N) is 5. The first-order valence-corrected chi connectivity index (χ1v) is 9.35. The third kappa shape index (κ3) is 2.49. The van der Waals surface area contributed by atoms with Crippen molar-refractivity contribution in [2.45, 2.75) is 24.9 Å². The first kappa shape index (κ1) is 15.8. The zero-order chi connectivity index (χ0) is 17.8. The lowest BCUT2D eigenvalue weighted by Crippen LogP contribution is -2.06. The molecule has 3 aromatic heterocycles. The Labute approximate surface area is 157 Å². The van der Waals surface area contributed by atoms with Crippen LogP contribution in [0.3, 0.4) is 0 Å². The molecule has 5 rings (SSSR count). The molecule has 0 radical (unpaired) electrons. The van der Waals surface area contributed by atoms with Gasteiger partial charge < -0.3 is 10.2 Å². The van der Waals surface area contributed by atoms with E-state index in [9.17, 15) is 10.2 Å². The van der Waals surface area contributed by atoms with Gasteiger partial charge in [-0.3, -0.25) is 4.40 Å². The SMILES string of the molecule is Oc1cc(-n2cc(C(O)c3c(C4CC4)sc4cncn34)nn2)ccc1Cl. The fraction of sp³-hybridized carbons (Fsp3) is 0.235. The first-order valence-electron chi connectivity index (χ1n) is 8.15. The summed E-state index contributed by atoms with van der Waals surface area (Å²) in [5.74, 6) is 0.476. The lowest BCUT2D eigenvalue weighted by Gasteiger charge is -2.09. The Bertz CT molecular complexity index is 1110. The normalized spacial score (nSPS) is 15.6. The number of benzene rings is 1. The fourth-order valence-corrected chi connectivity index (χ4v) is 4.46. The minimum Gasteiger partial charge on any atom is -0.506 e. The van der Waals surface area contributed by atoms with Gasteiger partial charge in [-0.15, -0.1) is 16.4 Å². The van der Waals surface area contributed by atoms with E-state index in [-0.39, 0.29) is 10.8 Å². The molecule has 0 amide bonds. The molecule has 0 spiro atoms. The van der Waals surface area contributed by atoms with Gasteiger partial charge in [0.05, 0.1) is 28.8 Å². The van der Waals surface area contributed by atoms with Crippen LogP contribution in [0.1, 0.15) is 41.1 Å². The molecule has 0 saturated heterocycles. The van der Waals surface area contributed by atoms with Gasteiger partial charge in [-0.05, 0) is 30.9 Å². The van der Waals surface area contributed by atoms with E-state index in [1.54, 1.807) is 42.2 Å². The molecular formula is C17H14ClN5O2S. The Morgan fingerprint density at radius 2 is 2.15 bits per heavy atom. The van der Waals surface area contributed by atoms with Crippen LogP contribution in [-0.2, 0) is 0 Å². The van der Waals surface area contributed by atoms with Gasteiger partial charge in [0.2, 0.25) is 0 Å². The summed E-state index contributed by atoms with van der Waals surface area (Å²) in [6.45, 7) is 0. The van der Waals surface area contributed by atoms with Crippen molar-refractivity contribution in [2.75, 3.05) is 0 Å². The summed E-state index contributed by atoms with van der Waals surface area (Å²) in [7, 11) is 0. The number of aromatic nitrogens is 5. The van der Waals surface area contributed by atoms with Crippen LogP contribution >= 0.6 is 22.9 Å². The number of thiazole rings is 1. The van der Waals surface area contributed by atoms with Crippen molar-refractivity contribution in [1.82, 2.24) is 24.4 Å². The zero-order valence-electron chi connectivity index (χ0n) is 13.4. The minimum absolute atomic E-state index is 0.0317. The fourth-order valence-electron chi connectivity index (χ4n) is 3.04. The van der Waals surface area contributed by atoms with Gasteiger partial charge >= 0.3 is 0 Å². The second-order valence-corrected chi connectivity index (χ2v) is 7.82. The molecule has 0 bridgehead atoms. The monoisotopic (exact) mass is 387 g/mol. The molecule has 7 nitrogen and oxygen atoms in total. The molecule has 132 valence electrons. The van der Waals surface area contributed by atoms with Gasteiger partial charge in [0.15, 0.2) is 0 Å². The number of rotatable bonds is 4. The van der Waals surface area contributed by atoms with Crippen molar-refractivity contribution in [3.05, 3.63) is 58.2 Å². The summed E-state index contributed by atoms with van der Waals surface area (Å²) in [5.41, 5.74) is 1.86. The number of fused-ring (bicyclic) bond motifs is 1. The van der Waals surface area contributed by atoms with Gasteiger partial charge in [0.25, 0.3) is 0 Å². The zero-order valence-corrected chi connectivity index (χ0v) is 15.0. The van der Waals surface area contributed by atoms with E-state index in [0.717, 1.165) is 23.4 Å². The Hall–Kier alpha value is -2.42. The summed E-state index contributed by atoms with van der Waals surface area (Å²) in [6.07, 6.45) is 6.58. The highest BCUT2D eigenvalue weighted by atomic mass is 35.5. The number of aliphatic hydroxyl groups is 1. The smallest absolute Gasteiger partial charge is 0.141 e. The predicted octanol–water partition coefficient (Wildman–Crippen LogP) is 3.29. The average molecular weight is 388 g/mol. The van der Waals surface area contributed by atoms with Crippen LogP contribution < -0.4 is 0 Å². The van der Waals surface area contributed by atoms with Gasteiger partial charge in [-0.25, -0.2) is 9.67 Å². The summed E-state index contributed by atoms with van der Waals surface area (Å²) in [4.78, 5) is 6.37. The maximum atomic E-state index is 11.0. The number of imidazole rings is 1. The van der Waals surface area contributed by atoms with Crippen LogP contribution in [0.4, 0.5) is 0 Å². The van der Waals surface area contributed by atoms with Crippen LogP contribution in [0.25, 0.3) is 10.5 Å². The maximum absolute atomic E-state index is 11.0. The molecule has 2 N–H and O–H groups in total. The molecule has 1 aromatic carbocycles. The minimum atomic E-state index is -0.900. The summed E-state index contributed by atoms with van der Waals surface area (Å²) in [6, 6.07) is 4.81. The van der Waals surface area contributed by atoms with Crippen LogP contribution in [0.2, 0.25) is 5.02 Å². The molecule has 1 aliphatic carbocycles.